The van der Waals surface area contributed by atoms with Crippen LogP contribution in [0, 0.1) is 5.82 Å². The number of benzene rings is 1. The molecular weight excluding hydrogens is 245 g/mol. The highest BCUT2D eigenvalue weighted by atomic mass is 19.1. The van der Waals surface area contributed by atoms with Gasteiger partial charge in [0.2, 0.25) is 0 Å². The third-order valence-electron chi connectivity index (χ3n) is 3.55. The minimum atomic E-state index is -0.508. The molecule has 0 saturated carbocycles. The summed E-state index contributed by atoms with van der Waals surface area (Å²) in [5.74, 6) is -0.282. The normalized spacial score (nSPS) is 16.6. The number of carbonyl (C=O) groups excluding carboxylic acids is 1. The van der Waals surface area contributed by atoms with E-state index in [4.69, 9.17) is 4.74 Å². The van der Waals surface area contributed by atoms with Gasteiger partial charge in [0, 0.05) is 19.2 Å². The molecule has 1 aliphatic rings. The lowest BCUT2D eigenvalue weighted by Crippen LogP contribution is -2.34. The van der Waals surface area contributed by atoms with Gasteiger partial charge in [-0.2, -0.15) is 0 Å². The number of carbonyl (C=O) groups is 1. The number of ether oxygens (including phenoxy) is 1. The van der Waals surface area contributed by atoms with Gasteiger partial charge in [0.25, 0.3) is 5.91 Å². The molecule has 0 aliphatic carbocycles. The van der Waals surface area contributed by atoms with E-state index in [0.29, 0.717) is 5.75 Å². The maximum absolute atomic E-state index is 13.9. The number of amides is 1. The van der Waals surface area contributed by atoms with Crippen LogP contribution in [-0.4, -0.2) is 31.0 Å². The number of methoxy groups -OCH3 is 1. The van der Waals surface area contributed by atoms with E-state index in [1.54, 1.807) is 11.0 Å². The number of hydrogen-bond acceptors (Lipinski definition) is 2. The first-order valence-electron chi connectivity index (χ1n) is 6.85. The van der Waals surface area contributed by atoms with E-state index in [1.165, 1.54) is 25.7 Å². The molecule has 4 heteroatoms. The Balaban J connectivity index is 2.13. The van der Waals surface area contributed by atoms with Crippen molar-refractivity contribution in [2.75, 3.05) is 20.2 Å². The van der Waals surface area contributed by atoms with Crippen LogP contribution in [-0.2, 0) is 0 Å². The Morgan fingerprint density at radius 1 is 1.16 bits per heavy atom. The zero-order valence-corrected chi connectivity index (χ0v) is 11.3. The van der Waals surface area contributed by atoms with Gasteiger partial charge in [0.15, 0.2) is 0 Å². The fraction of sp³-hybridized carbons (Fsp3) is 0.533. The molecule has 1 aromatic carbocycles. The number of likely N-dealkylation sites (tertiary alicyclic amines) is 1. The summed E-state index contributed by atoms with van der Waals surface area (Å²) in [7, 11) is 1.48. The number of halogens is 1. The molecule has 1 saturated heterocycles. The Bertz CT molecular complexity index is 440. The van der Waals surface area contributed by atoms with E-state index in [-0.39, 0.29) is 11.5 Å². The van der Waals surface area contributed by atoms with Crippen molar-refractivity contribution < 1.29 is 13.9 Å². The van der Waals surface area contributed by atoms with Gasteiger partial charge in [-0.3, -0.25) is 4.79 Å². The molecule has 1 fully saturated rings. The highest BCUT2D eigenvalue weighted by Gasteiger charge is 2.20. The van der Waals surface area contributed by atoms with Crippen LogP contribution in [0.15, 0.2) is 18.2 Å². The molecular formula is C15H20FNO2. The monoisotopic (exact) mass is 265 g/mol. The van der Waals surface area contributed by atoms with Crippen molar-refractivity contribution in [3.63, 3.8) is 0 Å². The minimum absolute atomic E-state index is 0.140. The molecule has 1 amide bonds. The molecule has 1 heterocycles. The number of nitrogens with zero attached hydrogens (tertiary/aromatic N) is 1. The fourth-order valence-electron chi connectivity index (χ4n) is 2.42. The van der Waals surface area contributed by atoms with E-state index in [0.717, 1.165) is 38.8 Å². The second kappa shape index (κ2) is 6.55. The van der Waals surface area contributed by atoms with Crippen LogP contribution in [0.25, 0.3) is 0 Å². The lowest BCUT2D eigenvalue weighted by molar-refractivity contribution is 0.0737. The fourth-order valence-corrected chi connectivity index (χ4v) is 2.42. The largest absolute Gasteiger partial charge is 0.497 e. The Kier molecular flexibility index (Phi) is 4.77. The Hall–Kier alpha value is -1.58. The van der Waals surface area contributed by atoms with E-state index < -0.39 is 5.82 Å². The van der Waals surface area contributed by atoms with Crippen LogP contribution in [0.1, 0.15) is 42.5 Å². The lowest BCUT2D eigenvalue weighted by Gasteiger charge is -2.25. The quantitative estimate of drug-likeness (QED) is 0.821. The van der Waals surface area contributed by atoms with Crippen molar-refractivity contribution in [1.82, 2.24) is 4.90 Å². The molecule has 2 rings (SSSR count). The van der Waals surface area contributed by atoms with Gasteiger partial charge in [-0.25, -0.2) is 4.39 Å². The number of rotatable bonds is 2. The third-order valence-corrected chi connectivity index (χ3v) is 3.55. The van der Waals surface area contributed by atoms with E-state index in [1.807, 2.05) is 0 Å². The molecule has 19 heavy (non-hydrogen) atoms. The van der Waals surface area contributed by atoms with E-state index in [9.17, 15) is 9.18 Å². The Morgan fingerprint density at radius 3 is 2.37 bits per heavy atom. The molecule has 1 aromatic rings. The average molecular weight is 265 g/mol. The van der Waals surface area contributed by atoms with Crippen molar-refractivity contribution in [3.05, 3.63) is 29.6 Å². The first-order valence-corrected chi connectivity index (χ1v) is 6.85. The molecule has 104 valence electrons. The summed E-state index contributed by atoms with van der Waals surface area (Å²) in [5, 5.41) is 0. The van der Waals surface area contributed by atoms with Gasteiger partial charge < -0.3 is 9.64 Å². The third kappa shape index (κ3) is 3.46. The molecule has 0 radical (unpaired) electrons. The summed E-state index contributed by atoms with van der Waals surface area (Å²) < 4.78 is 18.8. The summed E-state index contributed by atoms with van der Waals surface area (Å²) >= 11 is 0. The van der Waals surface area contributed by atoms with Gasteiger partial charge in [-0.15, -0.1) is 0 Å². The molecule has 0 unspecified atom stereocenters. The van der Waals surface area contributed by atoms with Crippen molar-refractivity contribution in [1.29, 1.82) is 0 Å². The zero-order valence-electron chi connectivity index (χ0n) is 11.3. The zero-order chi connectivity index (χ0) is 13.7. The smallest absolute Gasteiger partial charge is 0.256 e. The number of hydrogen-bond donors (Lipinski definition) is 0. The standard InChI is InChI=1S/C15H20FNO2/c1-19-12-7-8-13(14(16)11-12)15(18)17-9-5-3-2-4-6-10-17/h7-8,11H,2-6,9-10H2,1H3. The molecule has 0 aromatic heterocycles. The van der Waals surface area contributed by atoms with Gasteiger partial charge in [0.05, 0.1) is 12.7 Å². The van der Waals surface area contributed by atoms with Gasteiger partial charge in [-0.1, -0.05) is 19.3 Å². The predicted molar refractivity (Wildman–Crippen MR) is 71.9 cm³/mol. The SMILES string of the molecule is COc1ccc(C(=O)N2CCCCCCC2)c(F)c1. The van der Waals surface area contributed by atoms with Crippen LogP contribution in [0.4, 0.5) is 4.39 Å². The van der Waals surface area contributed by atoms with Crippen molar-refractivity contribution in [3.8, 4) is 5.75 Å². The predicted octanol–water partition coefficient (Wildman–Crippen LogP) is 3.24. The highest BCUT2D eigenvalue weighted by molar-refractivity contribution is 5.94. The molecule has 0 atom stereocenters. The van der Waals surface area contributed by atoms with Crippen molar-refractivity contribution >= 4 is 5.91 Å². The second-order valence-corrected chi connectivity index (χ2v) is 4.91. The molecule has 0 N–H and O–H groups in total. The van der Waals surface area contributed by atoms with E-state index >= 15 is 0 Å². The summed E-state index contributed by atoms with van der Waals surface area (Å²) in [4.78, 5) is 14.1. The summed E-state index contributed by atoms with van der Waals surface area (Å²) in [6.07, 6.45) is 5.54. The second-order valence-electron chi connectivity index (χ2n) is 4.91. The topological polar surface area (TPSA) is 29.5 Å². The summed E-state index contributed by atoms with van der Waals surface area (Å²) in [6.45, 7) is 1.45. The van der Waals surface area contributed by atoms with Gasteiger partial charge in [0.1, 0.15) is 11.6 Å². The van der Waals surface area contributed by atoms with Gasteiger partial charge in [-0.05, 0) is 25.0 Å². The molecule has 3 nitrogen and oxygen atoms in total. The van der Waals surface area contributed by atoms with Gasteiger partial charge >= 0.3 is 0 Å². The lowest BCUT2D eigenvalue weighted by atomic mass is 10.1. The first kappa shape index (κ1) is 13.8. The minimum Gasteiger partial charge on any atom is -0.497 e. The van der Waals surface area contributed by atoms with Crippen LogP contribution >= 0.6 is 0 Å². The first-order chi connectivity index (χ1) is 9.22. The summed E-state index contributed by atoms with van der Waals surface area (Å²) in [5.41, 5.74) is 0.140. The maximum Gasteiger partial charge on any atom is 0.256 e. The Morgan fingerprint density at radius 2 is 1.79 bits per heavy atom. The van der Waals surface area contributed by atoms with Crippen molar-refractivity contribution in [2.45, 2.75) is 32.1 Å². The highest BCUT2D eigenvalue weighted by Crippen LogP contribution is 2.19. The Labute approximate surface area is 113 Å². The van der Waals surface area contributed by atoms with Crippen LogP contribution in [0.2, 0.25) is 0 Å². The van der Waals surface area contributed by atoms with Crippen LogP contribution in [0.5, 0.6) is 5.75 Å². The van der Waals surface area contributed by atoms with Crippen LogP contribution in [0.3, 0.4) is 0 Å². The molecule has 1 aliphatic heterocycles. The van der Waals surface area contributed by atoms with Crippen LogP contribution < -0.4 is 4.74 Å². The molecule has 0 bridgehead atoms. The average Bonchev–Trinajstić information content (AvgIpc) is 2.37. The summed E-state index contributed by atoms with van der Waals surface area (Å²) in [6, 6.07) is 4.40. The van der Waals surface area contributed by atoms with Crippen molar-refractivity contribution in [2.24, 2.45) is 0 Å². The molecule has 0 spiro atoms. The maximum atomic E-state index is 13.9. The van der Waals surface area contributed by atoms with E-state index in [2.05, 4.69) is 0 Å².